The maximum Gasteiger partial charge on any atom is 0.0299 e. The van der Waals surface area contributed by atoms with Gasteiger partial charge in [-0.15, -0.1) is 0 Å². The van der Waals surface area contributed by atoms with Crippen molar-refractivity contribution in [1.29, 1.82) is 0 Å². The number of hydrogen-bond donors (Lipinski definition) is 1. The van der Waals surface area contributed by atoms with Gasteiger partial charge in [0.2, 0.25) is 0 Å². The van der Waals surface area contributed by atoms with E-state index in [4.69, 9.17) is 5.73 Å². The largest absolute Gasteiger partial charge is 0.326 e. The van der Waals surface area contributed by atoms with E-state index in [1.54, 1.807) is 0 Å². The minimum Gasteiger partial charge on any atom is -0.326 e. The molecular formula is C18H30N2. The Balaban J connectivity index is 2.26. The van der Waals surface area contributed by atoms with Gasteiger partial charge < -0.3 is 5.73 Å². The van der Waals surface area contributed by atoms with Crippen molar-refractivity contribution >= 4 is 0 Å². The second-order valence-electron chi connectivity index (χ2n) is 7.23. The Morgan fingerprint density at radius 3 is 2.45 bits per heavy atom. The zero-order valence-electron chi connectivity index (χ0n) is 13.5. The Bertz CT molecular complexity index is 433. The summed E-state index contributed by atoms with van der Waals surface area (Å²) in [5.41, 5.74) is 9.69. The molecule has 0 spiro atoms. The molecule has 2 nitrogen and oxygen atoms in total. The van der Waals surface area contributed by atoms with Crippen LogP contribution in [-0.2, 0) is 13.0 Å². The number of nitrogens with two attached hydrogens (primary N) is 1. The van der Waals surface area contributed by atoms with Gasteiger partial charge >= 0.3 is 0 Å². The van der Waals surface area contributed by atoms with Gasteiger partial charge in [-0.05, 0) is 42.3 Å². The van der Waals surface area contributed by atoms with E-state index in [1.807, 2.05) is 0 Å². The topological polar surface area (TPSA) is 29.3 Å². The molecule has 2 N–H and O–H groups in total. The SMILES string of the molecule is CCC(N)C(N1CCCc2ccccc2C1)C(C)(C)C. The lowest BCUT2D eigenvalue weighted by Crippen LogP contribution is -2.54. The fourth-order valence-electron chi connectivity index (χ4n) is 3.65. The van der Waals surface area contributed by atoms with E-state index >= 15 is 0 Å². The predicted octanol–water partition coefficient (Wildman–Crippen LogP) is 3.59. The quantitative estimate of drug-likeness (QED) is 0.912. The first kappa shape index (κ1) is 15.5. The van der Waals surface area contributed by atoms with Gasteiger partial charge in [0.1, 0.15) is 0 Å². The van der Waals surface area contributed by atoms with E-state index in [9.17, 15) is 0 Å². The molecule has 0 aliphatic carbocycles. The molecular weight excluding hydrogens is 244 g/mol. The van der Waals surface area contributed by atoms with Gasteiger partial charge in [-0.3, -0.25) is 4.90 Å². The van der Waals surface area contributed by atoms with Gasteiger partial charge in [-0.1, -0.05) is 52.0 Å². The molecule has 0 aromatic heterocycles. The molecule has 1 aromatic carbocycles. The predicted molar refractivity (Wildman–Crippen MR) is 86.7 cm³/mol. The number of rotatable bonds is 3. The van der Waals surface area contributed by atoms with Crippen LogP contribution in [0.15, 0.2) is 24.3 Å². The molecule has 0 fully saturated rings. The molecule has 0 amide bonds. The maximum atomic E-state index is 6.46. The Morgan fingerprint density at radius 2 is 1.85 bits per heavy atom. The summed E-state index contributed by atoms with van der Waals surface area (Å²) < 4.78 is 0. The van der Waals surface area contributed by atoms with Gasteiger partial charge in [-0.25, -0.2) is 0 Å². The third-order valence-electron chi connectivity index (χ3n) is 4.54. The molecule has 0 radical (unpaired) electrons. The average molecular weight is 274 g/mol. The smallest absolute Gasteiger partial charge is 0.0299 e. The summed E-state index contributed by atoms with van der Waals surface area (Å²) in [7, 11) is 0. The summed E-state index contributed by atoms with van der Waals surface area (Å²) in [5.74, 6) is 0. The summed E-state index contributed by atoms with van der Waals surface area (Å²) in [4.78, 5) is 2.62. The first-order valence-electron chi connectivity index (χ1n) is 8.00. The molecule has 0 bridgehead atoms. The Kier molecular flexibility index (Phi) is 4.87. The van der Waals surface area contributed by atoms with Crippen molar-refractivity contribution in [2.75, 3.05) is 6.54 Å². The minimum atomic E-state index is 0.217. The number of hydrogen-bond acceptors (Lipinski definition) is 2. The van der Waals surface area contributed by atoms with Crippen molar-refractivity contribution in [2.45, 2.75) is 65.6 Å². The molecule has 112 valence electrons. The van der Waals surface area contributed by atoms with Gasteiger partial charge in [0, 0.05) is 18.6 Å². The Hall–Kier alpha value is -0.860. The van der Waals surface area contributed by atoms with E-state index in [0.717, 1.165) is 19.5 Å². The molecule has 20 heavy (non-hydrogen) atoms. The van der Waals surface area contributed by atoms with Gasteiger partial charge in [0.25, 0.3) is 0 Å². The molecule has 2 rings (SSSR count). The van der Waals surface area contributed by atoms with Crippen LogP contribution in [0.4, 0.5) is 0 Å². The lowest BCUT2D eigenvalue weighted by Gasteiger charge is -2.43. The van der Waals surface area contributed by atoms with Crippen LogP contribution in [0.2, 0.25) is 0 Å². The van der Waals surface area contributed by atoms with Gasteiger partial charge in [-0.2, -0.15) is 0 Å². The third-order valence-corrected chi connectivity index (χ3v) is 4.54. The molecule has 1 aromatic rings. The highest BCUT2D eigenvalue weighted by molar-refractivity contribution is 5.28. The highest BCUT2D eigenvalue weighted by Crippen LogP contribution is 2.31. The van der Waals surface area contributed by atoms with Crippen molar-refractivity contribution in [2.24, 2.45) is 11.1 Å². The summed E-state index contributed by atoms with van der Waals surface area (Å²) in [6, 6.07) is 9.58. The Labute approximate surface area is 124 Å². The summed E-state index contributed by atoms with van der Waals surface area (Å²) >= 11 is 0. The number of nitrogens with zero attached hydrogens (tertiary/aromatic N) is 1. The van der Waals surface area contributed by atoms with E-state index in [0.29, 0.717) is 6.04 Å². The summed E-state index contributed by atoms with van der Waals surface area (Å²) in [6.07, 6.45) is 3.48. The van der Waals surface area contributed by atoms with Crippen molar-refractivity contribution in [1.82, 2.24) is 4.90 Å². The fraction of sp³-hybridized carbons (Fsp3) is 0.667. The van der Waals surface area contributed by atoms with Crippen molar-refractivity contribution in [3.63, 3.8) is 0 Å². The van der Waals surface area contributed by atoms with Crippen LogP contribution in [0.25, 0.3) is 0 Å². The van der Waals surface area contributed by atoms with Crippen LogP contribution < -0.4 is 5.73 Å². The molecule has 1 heterocycles. The zero-order valence-corrected chi connectivity index (χ0v) is 13.5. The van der Waals surface area contributed by atoms with Crippen LogP contribution in [0.3, 0.4) is 0 Å². The molecule has 2 heteroatoms. The van der Waals surface area contributed by atoms with E-state index in [2.05, 4.69) is 56.9 Å². The summed E-state index contributed by atoms with van der Waals surface area (Å²) in [6.45, 7) is 11.4. The van der Waals surface area contributed by atoms with Crippen LogP contribution >= 0.6 is 0 Å². The Morgan fingerprint density at radius 1 is 1.20 bits per heavy atom. The zero-order chi connectivity index (χ0) is 14.8. The lowest BCUT2D eigenvalue weighted by molar-refractivity contribution is 0.0707. The van der Waals surface area contributed by atoms with E-state index in [-0.39, 0.29) is 11.5 Å². The monoisotopic (exact) mass is 274 g/mol. The average Bonchev–Trinajstić information content (AvgIpc) is 2.59. The molecule has 0 saturated carbocycles. The van der Waals surface area contributed by atoms with Crippen LogP contribution in [0, 0.1) is 5.41 Å². The number of benzene rings is 1. The van der Waals surface area contributed by atoms with Crippen molar-refractivity contribution in [3.05, 3.63) is 35.4 Å². The molecule has 2 unspecified atom stereocenters. The minimum absolute atomic E-state index is 0.217. The number of aryl methyl sites for hydroxylation is 1. The van der Waals surface area contributed by atoms with Crippen LogP contribution in [-0.4, -0.2) is 23.5 Å². The fourth-order valence-corrected chi connectivity index (χ4v) is 3.65. The molecule has 0 saturated heterocycles. The lowest BCUT2D eigenvalue weighted by atomic mass is 9.80. The molecule has 1 aliphatic heterocycles. The van der Waals surface area contributed by atoms with Crippen molar-refractivity contribution in [3.8, 4) is 0 Å². The first-order chi connectivity index (χ1) is 9.43. The maximum absolute atomic E-state index is 6.46. The second-order valence-corrected chi connectivity index (χ2v) is 7.23. The molecule has 1 aliphatic rings. The third kappa shape index (κ3) is 3.42. The van der Waals surface area contributed by atoms with Crippen LogP contribution in [0.1, 0.15) is 51.7 Å². The number of fused-ring (bicyclic) bond motifs is 1. The highest BCUT2D eigenvalue weighted by atomic mass is 15.2. The van der Waals surface area contributed by atoms with Gasteiger partial charge in [0.15, 0.2) is 0 Å². The standard InChI is InChI=1S/C18H30N2/c1-5-16(19)17(18(2,3)4)20-12-8-11-14-9-6-7-10-15(14)13-20/h6-7,9-10,16-17H,5,8,11-13,19H2,1-4H3. The van der Waals surface area contributed by atoms with Gasteiger partial charge in [0.05, 0.1) is 0 Å². The normalized spacial score (nSPS) is 20.1. The second kappa shape index (κ2) is 6.28. The molecule has 2 atom stereocenters. The van der Waals surface area contributed by atoms with Crippen molar-refractivity contribution < 1.29 is 0 Å². The van der Waals surface area contributed by atoms with Crippen LogP contribution in [0.5, 0.6) is 0 Å². The van der Waals surface area contributed by atoms with E-state index < -0.39 is 0 Å². The highest BCUT2D eigenvalue weighted by Gasteiger charge is 2.35. The first-order valence-corrected chi connectivity index (χ1v) is 8.00. The van der Waals surface area contributed by atoms with E-state index in [1.165, 1.54) is 24.0 Å². The summed E-state index contributed by atoms with van der Waals surface area (Å²) in [5, 5.41) is 0.